The molecule has 0 aliphatic carbocycles. The summed E-state index contributed by atoms with van der Waals surface area (Å²) in [5.74, 6) is 0. The Bertz CT molecular complexity index is 193. The molecule has 96 valence electrons. The van der Waals surface area contributed by atoms with E-state index >= 15 is 0 Å². The molecule has 0 saturated heterocycles. The molecule has 0 bridgehead atoms. The van der Waals surface area contributed by atoms with Gasteiger partial charge in [-0.15, -0.1) is 46.4 Å². The van der Waals surface area contributed by atoms with Crippen LogP contribution in [0, 0.1) is 0 Å². The number of allylic oxidation sites excluding steroid dienone is 2. The van der Waals surface area contributed by atoms with Crippen LogP contribution in [0.15, 0.2) is 12.2 Å². The van der Waals surface area contributed by atoms with E-state index in [2.05, 4.69) is 0 Å². The fraction of sp³-hybridized carbons (Fsp3) is 0.833. The van der Waals surface area contributed by atoms with Crippen LogP contribution in [-0.2, 0) is 0 Å². The van der Waals surface area contributed by atoms with Crippen molar-refractivity contribution >= 4 is 46.4 Å². The van der Waals surface area contributed by atoms with Crippen LogP contribution in [-0.4, -0.2) is 21.5 Å². The predicted octanol–water partition coefficient (Wildman–Crippen LogP) is 5.57. The van der Waals surface area contributed by atoms with E-state index in [4.69, 9.17) is 46.4 Å². The molecule has 0 fully saturated rings. The molecule has 0 nitrogen and oxygen atoms in total. The molecule has 4 unspecified atom stereocenters. The number of halogens is 4. The molecule has 0 radical (unpaired) electrons. The number of rotatable bonds is 8. The number of hydrogen-bond donors (Lipinski definition) is 0. The van der Waals surface area contributed by atoms with Gasteiger partial charge in [0.1, 0.15) is 0 Å². The summed E-state index contributed by atoms with van der Waals surface area (Å²) in [6.45, 7) is 4.00. The van der Waals surface area contributed by atoms with Gasteiger partial charge < -0.3 is 0 Å². The van der Waals surface area contributed by atoms with Gasteiger partial charge in [0.2, 0.25) is 0 Å². The van der Waals surface area contributed by atoms with Crippen molar-refractivity contribution in [1.29, 1.82) is 0 Å². The average Bonchev–Trinajstić information content (AvgIpc) is 2.31. The van der Waals surface area contributed by atoms with E-state index in [9.17, 15) is 0 Å². The van der Waals surface area contributed by atoms with Crippen LogP contribution in [0.4, 0.5) is 0 Å². The fourth-order valence-electron chi connectivity index (χ4n) is 1.35. The lowest BCUT2D eigenvalue weighted by Crippen LogP contribution is -2.19. The van der Waals surface area contributed by atoms with Crippen LogP contribution >= 0.6 is 46.4 Å². The summed E-state index contributed by atoms with van der Waals surface area (Å²) in [6, 6.07) is 0. The lowest BCUT2D eigenvalue weighted by atomic mass is 10.1. The summed E-state index contributed by atoms with van der Waals surface area (Å²) in [5.41, 5.74) is 0. The van der Waals surface area contributed by atoms with Gasteiger partial charge in [0.05, 0.1) is 10.8 Å². The normalized spacial score (nSPS) is 19.6. The van der Waals surface area contributed by atoms with Gasteiger partial charge in [-0.25, -0.2) is 0 Å². The topological polar surface area (TPSA) is 0 Å². The van der Waals surface area contributed by atoms with Crippen molar-refractivity contribution in [2.75, 3.05) is 0 Å². The van der Waals surface area contributed by atoms with Gasteiger partial charge in [-0.05, 0) is 32.6 Å². The minimum Gasteiger partial charge on any atom is -0.121 e. The van der Waals surface area contributed by atoms with Gasteiger partial charge in [0, 0.05) is 10.8 Å². The summed E-state index contributed by atoms with van der Waals surface area (Å²) < 4.78 is 0. The average molecular weight is 306 g/mol. The van der Waals surface area contributed by atoms with Gasteiger partial charge in [-0.2, -0.15) is 0 Å². The first kappa shape index (κ1) is 16.9. The Morgan fingerprint density at radius 3 is 1.81 bits per heavy atom. The summed E-state index contributed by atoms with van der Waals surface area (Å²) in [7, 11) is 0. The van der Waals surface area contributed by atoms with E-state index in [0.29, 0.717) is 0 Å². The standard InChI is InChI=1S/C12H20Cl4/c1-3-5-6-10(14)12(16)8-7-11(15)9(13)4-2/h3,5,9-12H,4,6-8H2,1-2H3. The number of alkyl halides is 4. The molecule has 0 heterocycles. The molecule has 0 aromatic heterocycles. The maximum absolute atomic E-state index is 6.19. The van der Waals surface area contributed by atoms with Crippen molar-refractivity contribution in [3.05, 3.63) is 12.2 Å². The number of hydrogen-bond acceptors (Lipinski definition) is 0. The Hall–Kier alpha value is 0.900. The summed E-state index contributed by atoms with van der Waals surface area (Å²) in [4.78, 5) is 0. The maximum Gasteiger partial charge on any atom is 0.0534 e. The SMILES string of the molecule is CC=CCC(Cl)C(Cl)CCC(Cl)C(Cl)CC. The highest BCUT2D eigenvalue weighted by Gasteiger charge is 2.20. The largest absolute Gasteiger partial charge is 0.121 e. The Morgan fingerprint density at radius 2 is 1.38 bits per heavy atom. The van der Waals surface area contributed by atoms with E-state index in [1.54, 1.807) is 0 Å². The van der Waals surface area contributed by atoms with E-state index in [1.807, 2.05) is 26.0 Å². The Morgan fingerprint density at radius 1 is 0.875 bits per heavy atom. The molecule has 0 amide bonds. The molecule has 0 aliphatic heterocycles. The summed E-state index contributed by atoms with van der Waals surface area (Å²) >= 11 is 24.5. The first-order chi connectivity index (χ1) is 7.52. The zero-order valence-corrected chi connectivity index (χ0v) is 12.8. The van der Waals surface area contributed by atoms with Crippen molar-refractivity contribution in [2.45, 2.75) is 61.0 Å². The van der Waals surface area contributed by atoms with E-state index in [-0.39, 0.29) is 21.5 Å². The van der Waals surface area contributed by atoms with Crippen molar-refractivity contribution < 1.29 is 0 Å². The molecule has 4 heteroatoms. The lowest BCUT2D eigenvalue weighted by molar-refractivity contribution is 0.611. The molecule has 0 aromatic rings. The minimum absolute atomic E-state index is 0.0153. The molecule has 0 rings (SSSR count). The second kappa shape index (κ2) is 9.88. The highest BCUT2D eigenvalue weighted by molar-refractivity contribution is 6.31. The van der Waals surface area contributed by atoms with E-state index in [0.717, 1.165) is 25.7 Å². The van der Waals surface area contributed by atoms with Gasteiger partial charge in [-0.1, -0.05) is 19.1 Å². The summed E-state index contributed by atoms with van der Waals surface area (Å²) in [5, 5.41) is -0.0645. The van der Waals surface area contributed by atoms with E-state index in [1.165, 1.54) is 0 Å². The third-order valence-corrected chi connectivity index (χ3v) is 4.89. The first-order valence-corrected chi connectivity index (χ1v) is 7.44. The Balaban J connectivity index is 3.82. The molecular formula is C12H20Cl4. The van der Waals surface area contributed by atoms with Crippen molar-refractivity contribution in [3.63, 3.8) is 0 Å². The van der Waals surface area contributed by atoms with Gasteiger partial charge >= 0.3 is 0 Å². The molecular weight excluding hydrogens is 286 g/mol. The van der Waals surface area contributed by atoms with E-state index < -0.39 is 0 Å². The zero-order chi connectivity index (χ0) is 12.6. The van der Waals surface area contributed by atoms with Crippen LogP contribution in [0.2, 0.25) is 0 Å². The smallest absolute Gasteiger partial charge is 0.0534 e. The summed E-state index contributed by atoms with van der Waals surface area (Å²) in [6.07, 6.45) is 7.32. The Kier molecular flexibility index (Phi) is 10.4. The first-order valence-electron chi connectivity index (χ1n) is 5.70. The molecule has 16 heavy (non-hydrogen) atoms. The second-order valence-corrected chi connectivity index (χ2v) is 6.10. The van der Waals surface area contributed by atoms with Crippen LogP contribution < -0.4 is 0 Å². The maximum atomic E-state index is 6.19. The minimum atomic E-state index is -0.0418. The van der Waals surface area contributed by atoms with Crippen LogP contribution in [0.1, 0.15) is 39.5 Å². The molecule has 0 N–H and O–H groups in total. The monoisotopic (exact) mass is 304 g/mol. The third kappa shape index (κ3) is 7.27. The fourth-order valence-corrected chi connectivity index (χ4v) is 2.24. The van der Waals surface area contributed by atoms with Crippen LogP contribution in [0.3, 0.4) is 0 Å². The third-order valence-electron chi connectivity index (χ3n) is 2.49. The van der Waals surface area contributed by atoms with Crippen molar-refractivity contribution in [2.24, 2.45) is 0 Å². The Labute approximate surface area is 119 Å². The van der Waals surface area contributed by atoms with Crippen LogP contribution in [0.25, 0.3) is 0 Å². The highest BCUT2D eigenvalue weighted by Crippen LogP contribution is 2.24. The quantitative estimate of drug-likeness (QED) is 0.406. The van der Waals surface area contributed by atoms with Crippen molar-refractivity contribution in [1.82, 2.24) is 0 Å². The predicted molar refractivity (Wildman–Crippen MR) is 77.5 cm³/mol. The van der Waals surface area contributed by atoms with Crippen molar-refractivity contribution in [3.8, 4) is 0 Å². The highest BCUT2D eigenvalue weighted by atomic mass is 35.5. The molecule has 0 aromatic carbocycles. The zero-order valence-electron chi connectivity index (χ0n) is 9.80. The molecule has 0 saturated carbocycles. The molecule has 0 aliphatic rings. The lowest BCUT2D eigenvalue weighted by Gasteiger charge is -2.18. The van der Waals surface area contributed by atoms with Gasteiger partial charge in [-0.3, -0.25) is 0 Å². The molecule has 0 spiro atoms. The van der Waals surface area contributed by atoms with Crippen LogP contribution in [0.5, 0.6) is 0 Å². The molecule has 4 atom stereocenters. The second-order valence-electron chi connectivity index (χ2n) is 3.85. The van der Waals surface area contributed by atoms with Gasteiger partial charge in [0.15, 0.2) is 0 Å². The van der Waals surface area contributed by atoms with Gasteiger partial charge in [0.25, 0.3) is 0 Å².